The van der Waals surface area contributed by atoms with Gasteiger partial charge in [0.2, 0.25) is 5.91 Å². The number of phenolic OH excluding ortho intramolecular Hbond substituents is 1. The van der Waals surface area contributed by atoms with E-state index < -0.39 is 12.0 Å². The van der Waals surface area contributed by atoms with Gasteiger partial charge in [-0.3, -0.25) is 9.59 Å². The lowest BCUT2D eigenvalue weighted by Gasteiger charge is -2.22. The normalized spacial score (nSPS) is 24.2. The molecular weight excluding hydrogens is 394 g/mol. The molecule has 0 bridgehead atoms. The molecule has 166 valence electrons. The van der Waals surface area contributed by atoms with Crippen molar-refractivity contribution >= 4 is 17.7 Å². The largest absolute Gasteiger partial charge is 0.508 e. The van der Waals surface area contributed by atoms with Gasteiger partial charge < -0.3 is 15.2 Å². The van der Waals surface area contributed by atoms with Crippen LogP contribution in [0, 0.1) is 17.8 Å². The molecule has 31 heavy (non-hydrogen) atoms. The smallest absolute Gasteiger partial charge is 0.328 e. The van der Waals surface area contributed by atoms with E-state index in [0.29, 0.717) is 24.3 Å². The lowest BCUT2D eigenvalue weighted by molar-refractivity contribution is -0.144. The zero-order valence-corrected chi connectivity index (χ0v) is 18.4. The first kappa shape index (κ1) is 22.8. The summed E-state index contributed by atoms with van der Waals surface area (Å²) < 4.78 is 4.87. The Kier molecular flexibility index (Phi) is 6.98. The molecular formula is C25H31NO5. The average molecular weight is 426 g/mol. The van der Waals surface area contributed by atoms with Crippen LogP contribution in [0.25, 0.3) is 0 Å². The van der Waals surface area contributed by atoms with Gasteiger partial charge in [-0.25, -0.2) is 4.79 Å². The van der Waals surface area contributed by atoms with Crippen LogP contribution in [0.1, 0.15) is 45.1 Å². The molecule has 0 heterocycles. The van der Waals surface area contributed by atoms with Crippen molar-refractivity contribution in [2.75, 3.05) is 7.11 Å². The predicted octanol–water partition coefficient (Wildman–Crippen LogP) is 3.49. The number of ether oxygens (including phenoxy) is 1. The molecule has 2 aliphatic rings. The molecule has 1 aromatic carbocycles. The number of nitrogens with one attached hydrogen (secondary N) is 1. The zero-order valence-electron chi connectivity index (χ0n) is 18.4. The Balaban J connectivity index is 1.72. The molecule has 0 spiro atoms. The standard InChI is InChI=1S/C25H31NO5/c1-14-5-8-18(12-21-16(3)23(28)13-20(14)21)15(2)24(29)26-22(25(30)31-4)11-17-6-9-19(27)10-7-17/h6-7,9-10,14,18,20,22,27H,2,5,8,11-13H2,1,3-4H3,(H,26,29)/t14?,18-,20?,22-/m0/s1. The van der Waals surface area contributed by atoms with E-state index in [-0.39, 0.29) is 35.7 Å². The third-order valence-electron chi connectivity index (χ3n) is 6.83. The van der Waals surface area contributed by atoms with E-state index in [9.17, 15) is 19.5 Å². The Morgan fingerprint density at radius 3 is 2.55 bits per heavy atom. The van der Waals surface area contributed by atoms with Crippen LogP contribution in [-0.2, 0) is 25.5 Å². The summed E-state index contributed by atoms with van der Waals surface area (Å²) in [5, 5.41) is 12.2. The number of esters is 1. The summed E-state index contributed by atoms with van der Waals surface area (Å²) >= 11 is 0. The van der Waals surface area contributed by atoms with Crippen molar-refractivity contribution in [3.05, 3.63) is 53.1 Å². The van der Waals surface area contributed by atoms with Crippen LogP contribution in [0.3, 0.4) is 0 Å². The minimum Gasteiger partial charge on any atom is -0.508 e. The number of hydrogen-bond acceptors (Lipinski definition) is 5. The van der Waals surface area contributed by atoms with Crippen LogP contribution in [-0.4, -0.2) is 35.9 Å². The van der Waals surface area contributed by atoms with E-state index in [1.54, 1.807) is 12.1 Å². The number of fused-ring (bicyclic) bond motifs is 1. The number of amides is 1. The van der Waals surface area contributed by atoms with Crippen molar-refractivity contribution in [1.82, 2.24) is 5.32 Å². The summed E-state index contributed by atoms with van der Waals surface area (Å²) in [6.45, 7) is 8.12. The second-order valence-electron chi connectivity index (χ2n) is 8.78. The van der Waals surface area contributed by atoms with Gasteiger partial charge in [0.25, 0.3) is 0 Å². The highest BCUT2D eigenvalue weighted by atomic mass is 16.5. The number of rotatable bonds is 6. The maximum atomic E-state index is 13.0. The SMILES string of the molecule is C=C(C(=O)N[C@@H](Cc1ccc(O)cc1)C(=O)OC)[C@H]1CCC(C)C2CC(=O)C(C)=C2C1. The quantitative estimate of drug-likeness (QED) is 0.538. The number of methoxy groups -OCH3 is 1. The fourth-order valence-corrected chi connectivity index (χ4v) is 4.75. The molecule has 0 radical (unpaired) electrons. The lowest BCUT2D eigenvalue weighted by atomic mass is 9.86. The number of ketones is 1. The first-order chi connectivity index (χ1) is 14.7. The molecule has 1 saturated carbocycles. The molecule has 1 amide bonds. The number of phenols is 1. The third-order valence-corrected chi connectivity index (χ3v) is 6.83. The zero-order chi connectivity index (χ0) is 22.7. The number of carbonyl (C=O) groups is 3. The summed E-state index contributed by atoms with van der Waals surface area (Å²) in [7, 11) is 1.28. The van der Waals surface area contributed by atoms with E-state index in [2.05, 4.69) is 18.8 Å². The van der Waals surface area contributed by atoms with Crippen LogP contribution in [0.2, 0.25) is 0 Å². The first-order valence-corrected chi connectivity index (χ1v) is 10.8. The number of hydrogen-bond donors (Lipinski definition) is 2. The predicted molar refractivity (Wildman–Crippen MR) is 117 cm³/mol. The van der Waals surface area contributed by atoms with Crippen LogP contribution >= 0.6 is 0 Å². The molecule has 0 saturated heterocycles. The molecule has 6 heteroatoms. The molecule has 6 nitrogen and oxygen atoms in total. The highest BCUT2D eigenvalue weighted by Gasteiger charge is 2.38. The number of benzene rings is 1. The van der Waals surface area contributed by atoms with Gasteiger partial charge in [-0.2, -0.15) is 0 Å². The summed E-state index contributed by atoms with van der Waals surface area (Å²) in [6, 6.07) is 5.61. The molecule has 2 unspecified atom stereocenters. The van der Waals surface area contributed by atoms with Crippen molar-refractivity contribution in [2.24, 2.45) is 17.8 Å². The van der Waals surface area contributed by atoms with Crippen molar-refractivity contribution in [3.8, 4) is 5.75 Å². The molecule has 1 fully saturated rings. The summed E-state index contributed by atoms with van der Waals surface area (Å²) in [5.74, 6) is 0.0426. The second kappa shape index (κ2) is 9.50. The number of aromatic hydroxyl groups is 1. The van der Waals surface area contributed by atoms with Gasteiger partial charge in [0.05, 0.1) is 7.11 Å². The fraction of sp³-hybridized carbons (Fsp3) is 0.480. The molecule has 3 rings (SSSR count). The van der Waals surface area contributed by atoms with Crippen LogP contribution in [0.5, 0.6) is 5.75 Å². The Hall–Kier alpha value is -2.89. The third kappa shape index (κ3) is 5.06. The van der Waals surface area contributed by atoms with Crippen LogP contribution < -0.4 is 5.32 Å². The Morgan fingerprint density at radius 1 is 1.23 bits per heavy atom. The summed E-state index contributed by atoms with van der Waals surface area (Å²) in [5.41, 5.74) is 3.24. The Labute approximate surface area is 183 Å². The molecule has 1 aromatic rings. The minimum absolute atomic E-state index is 0.0599. The van der Waals surface area contributed by atoms with Gasteiger partial charge in [-0.15, -0.1) is 0 Å². The second-order valence-corrected chi connectivity index (χ2v) is 8.78. The molecule has 4 atom stereocenters. The molecule has 2 N–H and O–H groups in total. The van der Waals surface area contributed by atoms with E-state index >= 15 is 0 Å². The van der Waals surface area contributed by atoms with Crippen molar-refractivity contribution in [1.29, 1.82) is 0 Å². The van der Waals surface area contributed by atoms with E-state index in [4.69, 9.17) is 4.74 Å². The minimum atomic E-state index is -0.856. The number of Topliss-reactive ketones (excluding diaryl/α,β-unsaturated/α-hetero) is 1. The highest BCUT2D eigenvalue weighted by molar-refractivity contribution is 5.99. The maximum absolute atomic E-state index is 13.0. The first-order valence-electron chi connectivity index (χ1n) is 10.8. The molecule has 2 aliphatic carbocycles. The van der Waals surface area contributed by atoms with Gasteiger partial charge in [0.15, 0.2) is 5.78 Å². The number of carbonyl (C=O) groups excluding carboxylic acids is 3. The van der Waals surface area contributed by atoms with Crippen molar-refractivity contribution in [2.45, 2.75) is 52.0 Å². The Morgan fingerprint density at radius 2 is 1.90 bits per heavy atom. The van der Waals surface area contributed by atoms with Gasteiger partial charge in [0, 0.05) is 18.4 Å². The average Bonchev–Trinajstić information content (AvgIpc) is 2.93. The summed E-state index contributed by atoms with van der Waals surface area (Å²) in [4.78, 5) is 37.5. The molecule has 0 aliphatic heterocycles. The monoisotopic (exact) mass is 425 g/mol. The fourth-order valence-electron chi connectivity index (χ4n) is 4.75. The van der Waals surface area contributed by atoms with E-state index in [1.165, 1.54) is 24.8 Å². The Bertz CT molecular complexity index is 914. The number of allylic oxidation sites excluding steroid dienone is 2. The lowest BCUT2D eigenvalue weighted by Crippen LogP contribution is -2.44. The van der Waals surface area contributed by atoms with Gasteiger partial charge in [-0.05, 0) is 67.2 Å². The van der Waals surface area contributed by atoms with Crippen molar-refractivity contribution in [3.63, 3.8) is 0 Å². The van der Waals surface area contributed by atoms with Gasteiger partial charge in [-0.1, -0.05) is 31.2 Å². The van der Waals surface area contributed by atoms with Crippen molar-refractivity contribution < 1.29 is 24.2 Å². The van der Waals surface area contributed by atoms with Gasteiger partial charge >= 0.3 is 5.97 Å². The van der Waals surface area contributed by atoms with Crippen LogP contribution in [0.4, 0.5) is 0 Å². The summed E-state index contributed by atoms with van der Waals surface area (Å²) in [6.07, 6.45) is 3.24. The highest BCUT2D eigenvalue weighted by Crippen LogP contribution is 2.45. The van der Waals surface area contributed by atoms with Crippen LogP contribution in [0.15, 0.2) is 47.6 Å². The topological polar surface area (TPSA) is 92.7 Å². The van der Waals surface area contributed by atoms with E-state index in [0.717, 1.165) is 24.0 Å². The van der Waals surface area contributed by atoms with E-state index in [1.807, 2.05) is 6.92 Å². The molecule has 0 aromatic heterocycles. The van der Waals surface area contributed by atoms with Gasteiger partial charge in [0.1, 0.15) is 11.8 Å². The maximum Gasteiger partial charge on any atom is 0.328 e.